The highest BCUT2D eigenvalue weighted by Gasteiger charge is 2.15. The number of rotatable bonds is 10. The van der Waals surface area contributed by atoms with Crippen molar-refractivity contribution in [1.82, 2.24) is 0 Å². The summed E-state index contributed by atoms with van der Waals surface area (Å²) in [5, 5.41) is 8.44. The number of carbonyl (C=O) groups is 3. The van der Waals surface area contributed by atoms with E-state index in [1.807, 2.05) is 36.4 Å². The van der Waals surface area contributed by atoms with E-state index in [4.69, 9.17) is 9.47 Å². The highest BCUT2D eigenvalue weighted by atomic mass is 16.5. The lowest BCUT2D eigenvalue weighted by Crippen LogP contribution is -2.20. The van der Waals surface area contributed by atoms with E-state index in [2.05, 4.69) is 16.0 Å². The Morgan fingerprint density at radius 3 is 2.43 bits per heavy atom. The molecular weight excluding hydrogens is 446 g/mol. The second-order valence-electron chi connectivity index (χ2n) is 8.10. The van der Waals surface area contributed by atoms with E-state index in [-0.39, 0.29) is 24.3 Å². The highest BCUT2D eigenvalue weighted by Crippen LogP contribution is 2.27. The molecule has 3 aromatic carbocycles. The third-order valence-electron chi connectivity index (χ3n) is 5.33. The van der Waals surface area contributed by atoms with Crippen LogP contribution in [-0.2, 0) is 20.8 Å². The smallest absolute Gasteiger partial charge is 0.262 e. The molecule has 1 aliphatic heterocycles. The molecule has 1 heterocycles. The Hall–Kier alpha value is -4.33. The number of nitrogens with one attached hydrogen (secondary N) is 3. The molecule has 4 rings (SSSR count). The predicted molar refractivity (Wildman–Crippen MR) is 134 cm³/mol. The quantitative estimate of drug-likeness (QED) is 0.379. The molecule has 35 heavy (non-hydrogen) atoms. The van der Waals surface area contributed by atoms with Crippen molar-refractivity contribution in [2.75, 3.05) is 29.2 Å². The van der Waals surface area contributed by atoms with Crippen LogP contribution in [-0.4, -0.2) is 30.9 Å². The normalized spacial score (nSPS) is 12.2. The lowest BCUT2D eigenvalue weighted by Gasteiger charge is -2.17. The fraction of sp³-hybridized carbons (Fsp3) is 0.222. The van der Waals surface area contributed by atoms with Crippen LogP contribution in [0.4, 0.5) is 17.1 Å². The Kier molecular flexibility index (Phi) is 7.96. The van der Waals surface area contributed by atoms with Crippen molar-refractivity contribution in [3.8, 4) is 11.5 Å². The molecule has 3 amide bonds. The van der Waals surface area contributed by atoms with Crippen LogP contribution in [0.5, 0.6) is 11.5 Å². The number of fused-ring (bicyclic) bond motifs is 1. The van der Waals surface area contributed by atoms with E-state index in [1.54, 1.807) is 36.4 Å². The maximum Gasteiger partial charge on any atom is 0.262 e. The summed E-state index contributed by atoms with van der Waals surface area (Å²) in [5.74, 6) is 0.831. The molecule has 0 saturated carbocycles. The maximum absolute atomic E-state index is 12.3. The Morgan fingerprint density at radius 2 is 1.57 bits per heavy atom. The van der Waals surface area contributed by atoms with Gasteiger partial charge >= 0.3 is 0 Å². The molecule has 1 aliphatic rings. The summed E-state index contributed by atoms with van der Waals surface area (Å²) in [6.07, 6.45) is 2.02. The van der Waals surface area contributed by atoms with Gasteiger partial charge in [0.2, 0.25) is 11.8 Å². The largest absolute Gasteiger partial charge is 0.494 e. The number of aryl methyl sites for hydroxylation is 1. The Balaban J connectivity index is 1.17. The molecule has 0 unspecified atom stereocenters. The van der Waals surface area contributed by atoms with E-state index in [0.717, 1.165) is 17.0 Å². The summed E-state index contributed by atoms with van der Waals surface area (Å²) in [4.78, 5) is 35.8. The predicted octanol–water partition coefficient (Wildman–Crippen LogP) is 4.39. The minimum atomic E-state index is -0.269. The summed E-state index contributed by atoms with van der Waals surface area (Å²) < 4.78 is 11.3. The summed E-state index contributed by atoms with van der Waals surface area (Å²) in [6.45, 7) is 0.261. The molecule has 0 spiro atoms. The molecule has 8 nitrogen and oxygen atoms in total. The minimum Gasteiger partial charge on any atom is -0.494 e. The molecule has 0 bridgehead atoms. The van der Waals surface area contributed by atoms with Crippen molar-refractivity contribution in [2.24, 2.45) is 0 Å². The third kappa shape index (κ3) is 7.33. The number of para-hydroxylation sites is 1. The molecule has 180 valence electrons. The van der Waals surface area contributed by atoms with Crippen LogP contribution in [0.25, 0.3) is 0 Å². The van der Waals surface area contributed by atoms with E-state index >= 15 is 0 Å². The van der Waals surface area contributed by atoms with Gasteiger partial charge in [0.15, 0.2) is 6.61 Å². The van der Waals surface area contributed by atoms with Gasteiger partial charge in [-0.25, -0.2) is 0 Å². The van der Waals surface area contributed by atoms with Gasteiger partial charge in [-0.15, -0.1) is 0 Å². The minimum absolute atomic E-state index is 0.0304. The summed E-state index contributed by atoms with van der Waals surface area (Å²) in [6, 6.07) is 21.6. The van der Waals surface area contributed by atoms with Gasteiger partial charge in [0.1, 0.15) is 11.5 Å². The molecule has 0 saturated heterocycles. The van der Waals surface area contributed by atoms with Gasteiger partial charge in [-0.05, 0) is 60.9 Å². The first-order valence-electron chi connectivity index (χ1n) is 11.5. The van der Waals surface area contributed by atoms with Crippen molar-refractivity contribution in [2.45, 2.75) is 25.7 Å². The number of carbonyl (C=O) groups excluding carboxylic acids is 3. The number of hydrogen-bond acceptors (Lipinski definition) is 5. The van der Waals surface area contributed by atoms with Crippen molar-refractivity contribution in [1.29, 1.82) is 0 Å². The molecule has 0 aliphatic carbocycles. The molecule has 0 fully saturated rings. The van der Waals surface area contributed by atoms with Gasteiger partial charge in [0.25, 0.3) is 5.91 Å². The fourth-order valence-electron chi connectivity index (χ4n) is 3.63. The van der Waals surface area contributed by atoms with Gasteiger partial charge in [-0.3, -0.25) is 14.4 Å². The third-order valence-corrected chi connectivity index (χ3v) is 5.33. The first-order valence-corrected chi connectivity index (χ1v) is 11.5. The lowest BCUT2D eigenvalue weighted by atomic mass is 10.0. The molecule has 8 heteroatoms. The number of ether oxygens (including phenoxy) is 2. The monoisotopic (exact) mass is 473 g/mol. The number of benzene rings is 3. The first-order chi connectivity index (χ1) is 17.0. The van der Waals surface area contributed by atoms with Crippen LogP contribution in [0, 0.1) is 0 Å². The van der Waals surface area contributed by atoms with E-state index < -0.39 is 0 Å². The van der Waals surface area contributed by atoms with Crippen LogP contribution < -0.4 is 25.4 Å². The van der Waals surface area contributed by atoms with Gasteiger partial charge in [-0.2, -0.15) is 0 Å². The van der Waals surface area contributed by atoms with Gasteiger partial charge in [-0.1, -0.05) is 24.3 Å². The van der Waals surface area contributed by atoms with E-state index in [9.17, 15) is 14.4 Å². The molecule has 3 aromatic rings. The second kappa shape index (κ2) is 11.7. The Bertz CT molecular complexity index is 1200. The summed E-state index contributed by atoms with van der Waals surface area (Å²) >= 11 is 0. The maximum atomic E-state index is 12.3. The number of anilines is 3. The Morgan fingerprint density at radius 1 is 0.800 bits per heavy atom. The summed E-state index contributed by atoms with van der Waals surface area (Å²) in [7, 11) is 0. The van der Waals surface area contributed by atoms with Gasteiger partial charge in [0.05, 0.1) is 6.61 Å². The zero-order chi connectivity index (χ0) is 24.5. The number of amides is 3. The zero-order valence-electron chi connectivity index (χ0n) is 19.2. The average Bonchev–Trinajstić information content (AvgIpc) is 2.86. The SMILES string of the molecule is O=C(CCCOc1ccc2c(c1)CCC(=O)N2)Nc1cccc(OCC(=O)Nc2ccccc2)c1. The highest BCUT2D eigenvalue weighted by molar-refractivity contribution is 5.94. The number of hydrogen-bond donors (Lipinski definition) is 3. The van der Waals surface area contributed by atoms with Crippen LogP contribution in [0.2, 0.25) is 0 Å². The Labute approximate surface area is 203 Å². The lowest BCUT2D eigenvalue weighted by molar-refractivity contribution is -0.118. The molecular formula is C27H27N3O5. The van der Waals surface area contributed by atoms with Crippen LogP contribution in [0.3, 0.4) is 0 Å². The molecule has 3 N–H and O–H groups in total. The van der Waals surface area contributed by atoms with Crippen molar-refractivity contribution in [3.63, 3.8) is 0 Å². The van der Waals surface area contributed by atoms with Gasteiger partial charge in [0, 0.05) is 36.0 Å². The van der Waals surface area contributed by atoms with Gasteiger partial charge < -0.3 is 25.4 Å². The zero-order valence-corrected chi connectivity index (χ0v) is 19.2. The molecule has 0 radical (unpaired) electrons. The van der Waals surface area contributed by atoms with E-state index in [0.29, 0.717) is 49.4 Å². The summed E-state index contributed by atoms with van der Waals surface area (Å²) in [5.41, 5.74) is 3.18. The van der Waals surface area contributed by atoms with Crippen LogP contribution in [0.15, 0.2) is 72.8 Å². The van der Waals surface area contributed by atoms with Crippen molar-refractivity contribution < 1.29 is 23.9 Å². The van der Waals surface area contributed by atoms with Crippen LogP contribution in [0.1, 0.15) is 24.8 Å². The first kappa shape index (κ1) is 23.8. The molecule has 0 atom stereocenters. The standard InChI is InChI=1S/C27H27N3O5/c31-25(10-5-15-34-23-12-13-24-19(16-23)11-14-26(32)30-24)29-21-8-4-9-22(17-21)35-18-27(33)28-20-6-2-1-3-7-20/h1-4,6-9,12-13,16-17H,5,10-11,14-15,18H2,(H,28,33)(H,29,31)(H,30,32). The fourth-order valence-corrected chi connectivity index (χ4v) is 3.63. The van der Waals surface area contributed by atoms with Crippen LogP contribution >= 0.6 is 0 Å². The second-order valence-corrected chi connectivity index (χ2v) is 8.10. The van der Waals surface area contributed by atoms with Crippen molar-refractivity contribution in [3.05, 3.63) is 78.4 Å². The van der Waals surface area contributed by atoms with Crippen molar-refractivity contribution >= 4 is 34.8 Å². The van der Waals surface area contributed by atoms with E-state index in [1.165, 1.54) is 0 Å². The topological polar surface area (TPSA) is 106 Å². The average molecular weight is 474 g/mol. The molecule has 0 aromatic heterocycles.